The average molecular weight is 1360 g/mol. The lowest BCUT2D eigenvalue weighted by atomic mass is 9.96. The molecule has 558 valence electrons. The van der Waals surface area contributed by atoms with Crippen LogP contribution in [0.25, 0.3) is 0 Å². The monoisotopic (exact) mass is 1360 g/mol. The molecule has 1 amide bonds. The molecule has 3 saturated heterocycles. The molecule has 0 aliphatic carbocycles. The van der Waals surface area contributed by atoms with Crippen LogP contribution in [0.2, 0.25) is 0 Å². The van der Waals surface area contributed by atoms with E-state index in [0.29, 0.717) is 12.8 Å². The Labute approximate surface area is 578 Å². The van der Waals surface area contributed by atoms with E-state index >= 15 is 0 Å². The average Bonchev–Trinajstić information content (AvgIpc) is 0.788. The lowest BCUT2D eigenvalue weighted by Crippen LogP contribution is -2.66. The van der Waals surface area contributed by atoms with Crippen LogP contribution in [0.3, 0.4) is 0 Å². The second-order valence-electron chi connectivity index (χ2n) is 27.1. The first kappa shape index (κ1) is 87.4. The molecule has 0 saturated carbocycles. The number of aliphatic hydroxyl groups excluding tert-OH is 11. The van der Waals surface area contributed by atoms with E-state index in [-0.39, 0.29) is 18.9 Å². The van der Waals surface area contributed by atoms with Gasteiger partial charge in [0.25, 0.3) is 0 Å². The van der Waals surface area contributed by atoms with Crippen LogP contribution in [0.4, 0.5) is 0 Å². The van der Waals surface area contributed by atoms with E-state index in [2.05, 4.69) is 79.9 Å². The highest BCUT2D eigenvalue weighted by Crippen LogP contribution is 2.33. The van der Waals surface area contributed by atoms with Gasteiger partial charge in [-0.25, -0.2) is 0 Å². The number of carbonyl (C=O) groups excluding carboxylic acids is 1. The number of aliphatic hydroxyl groups is 11. The van der Waals surface area contributed by atoms with Crippen molar-refractivity contribution in [3.63, 3.8) is 0 Å². The number of allylic oxidation sites excluding steroid dienone is 11. The Morgan fingerprint density at radius 2 is 0.698 bits per heavy atom. The second-order valence-corrected chi connectivity index (χ2v) is 27.1. The quantitative estimate of drug-likeness (QED) is 0.0199. The summed E-state index contributed by atoms with van der Waals surface area (Å²) in [5, 5.41) is 121. The van der Waals surface area contributed by atoms with Gasteiger partial charge < -0.3 is 89.9 Å². The van der Waals surface area contributed by atoms with Crippen LogP contribution in [0.15, 0.2) is 72.9 Å². The summed E-state index contributed by atoms with van der Waals surface area (Å²) < 4.78 is 34.4. The van der Waals surface area contributed by atoms with Crippen molar-refractivity contribution in [1.29, 1.82) is 0 Å². The molecule has 19 nitrogen and oxygen atoms in total. The van der Waals surface area contributed by atoms with E-state index in [1.807, 2.05) is 6.08 Å². The molecule has 0 radical (unpaired) electrons. The van der Waals surface area contributed by atoms with E-state index in [9.17, 15) is 61.0 Å². The van der Waals surface area contributed by atoms with Gasteiger partial charge in [0.2, 0.25) is 5.91 Å². The molecule has 96 heavy (non-hydrogen) atoms. The van der Waals surface area contributed by atoms with Gasteiger partial charge in [-0.05, 0) is 83.5 Å². The Balaban J connectivity index is 1.43. The molecule has 3 aliphatic rings. The van der Waals surface area contributed by atoms with Crippen molar-refractivity contribution in [3.8, 4) is 0 Å². The van der Waals surface area contributed by atoms with Gasteiger partial charge >= 0.3 is 0 Å². The van der Waals surface area contributed by atoms with Crippen molar-refractivity contribution in [2.45, 2.75) is 381 Å². The Kier molecular flexibility index (Phi) is 52.7. The number of unbranched alkanes of at least 4 members (excludes halogenated alkanes) is 33. The lowest BCUT2D eigenvalue weighted by Gasteiger charge is -2.48. The Bertz CT molecular complexity index is 2020. The maximum atomic E-state index is 13.4. The van der Waals surface area contributed by atoms with Gasteiger partial charge in [0.1, 0.15) is 73.2 Å². The number of amides is 1. The van der Waals surface area contributed by atoms with Gasteiger partial charge in [-0.3, -0.25) is 4.79 Å². The normalized spacial score (nSPS) is 27.4. The predicted octanol–water partition coefficient (Wildman–Crippen LogP) is 11.7. The first-order valence-corrected chi connectivity index (χ1v) is 38.2. The Morgan fingerprint density at radius 1 is 0.375 bits per heavy atom. The minimum Gasteiger partial charge on any atom is -0.394 e. The summed E-state index contributed by atoms with van der Waals surface area (Å²) >= 11 is 0. The fraction of sp³-hybridized carbons (Fsp3) is 0.831. The predicted molar refractivity (Wildman–Crippen MR) is 378 cm³/mol. The van der Waals surface area contributed by atoms with Crippen molar-refractivity contribution in [2.24, 2.45) is 0 Å². The molecule has 0 aromatic heterocycles. The van der Waals surface area contributed by atoms with E-state index < -0.39 is 124 Å². The van der Waals surface area contributed by atoms with Crippen LogP contribution in [0.1, 0.15) is 277 Å². The molecule has 3 heterocycles. The van der Waals surface area contributed by atoms with Gasteiger partial charge in [-0.1, -0.05) is 260 Å². The van der Waals surface area contributed by atoms with Crippen molar-refractivity contribution < 1.29 is 89.4 Å². The molecule has 3 fully saturated rings. The molecule has 0 aromatic carbocycles. The Hall–Kier alpha value is -2.77. The SMILES string of the molecule is CCCCCCC/C=C\C/C=C\C/C=C\CCCCCCCCCCC(=O)NC(COC1OC(CO)C(OC2OC(CO)C(OC3OC(CO)C(O)C(O)C3O)C(O)C2O)C(O)C1O)C(O)/C=C/CC/C=C/CC/C=C/CCCCCCCCCCCCCCCCCCCC. The third kappa shape index (κ3) is 38.3. The van der Waals surface area contributed by atoms with Gasteiger partial charge in [0.05, 0.1) is 38.6 Å². The first-order valence-electron chi connectivity index (χ1n) is 38.2. The number of nitrogens with one attached hydrogen (secondary N) is 1. The number of rotatable bonds is 59. The summed E-state index contributed by atoms with van der Waals surface area (Å²) in [7, 11) is 0. The summed E-state index contributed by atoms with van der Waals surface area (Å²) in [6.07, 6.45) is 47.4. The minimum atomic E-state index is -1.99. The smallest absolute Gasteiger partial charge is 0.220 e. The first-order chi connectivity index (χ1) is 46.8. The minimum absolute atomic E-state index is 0.221. The summed E-state index contributed by atoms with van der Waals surface area (Å²) in [4.78, 5) is 13.4. The molecule has 0 aromatic rings. The standard InChI is InChI=1S/C77H137NO18/c1-3-5-7-9-11-13-15-17-19-21-23-25-27-28-29-30-31-33-34-36-38-40-42-44-46-48-50-52-54-61(82)60(78-65(83)55-53-51-49-47-45-43-41-39-37-35-32-26-24-22-20-18-16-14-12-10-8-6-4-2)59-91-75-71(89)68(86)73(63(57-80)93-75)96-77-72(90)69(87)74(64(58-81)94-77)95-76-70(88)67(85)66(84)62(56-79)92-76/h16,18,22,24,32,35-36,38,44,46,52,54,60-64,66-77,79-82,84-90H,3-15,17,19-21,23,25-31,33-34,37,39-43,45,47-51,53,55-59H2,1-2H3,(H,78,83)/b18-16-,24-22-,35-32-,38-36+,46-44+,54-52+. The molecular weight excluding hydrogens is 1230 g/mol. The van der Waals surface area contributed by atoms with Crippen molar-refractivity contribution in [1.82, 2.24) is 5.32 Å². The second kappa shape index (κ2) is 57.8. The summed E-state index contributed by atoms with van der Waals surface area (Å²) in [6.45, 7) is 1.71. The molecule has 17 unspecified atom stereocenters. The molecule has 0 bridgehead atoms. The molecule has 3 rings (SSSR count). The van der Waals surface area contributed by atoms with Gasteiger partial charge in [-0.2, -0.15) is 0 Å². The van der Waals surface area contributed by atoms with Crippen molar-refractivity contribution >= 4 is 5.91 Å². The van der Waals surface area contributed by atoms with Gasteiger partial charge in [-0.15, -0.1) is 0 Å². The van der Waals surface area contributed by atoms with Crippen LogP contribution in [-0.2, 0) is 33.2 Å². The third-order valence-corrected chi connectivity index (χ3v) is 18.7. The van der Waals surface area contributed by atoms with E-state index in [1.165, 1.54) is 173 Å². The number of ether oxygens (including phenoxy) is 6. The number of hydrogen-bond acceptors (Lipinski definition) is 18. The van der Waals surface area contributed by atoms with Crippen LogP contribution in [-0.4, -0.2) is 193 Å². The highest BCUT2D eigenvalue weighted by Gasteiger charge is 2.53. The summed E-state index contributed by atoms with van der Waals surface area (Å²) in [5.74, 6) is -0.297. The lowest BCUT2D eigenvalue weighted by molar-refractivity contribution is -0.379. The zero-order valence-electron chi connectivity index (χ0n) is 59.3. The van der Waals surface area contributed by atoms with Crippen LogP contribution in [0.5, 0.6) is 0 Å². The fourth-order valence-corrected chi connectivity index (χ4v) is 12.5. The highest BCUT2D eigenvalue weighted by atomic mass is 16.8. The van der Waals surface area contributed by atoms with Gasteiger partial charge in [0.15, 0.2) is 18.9 Å². The third-order valence-electron chi connectivity index (χ3n) is 18.7. The zero-order valence-corrected chi connectivity index (χ0v) is 59.3. The molecule has 3 aliphatic heterocycles. The fourth-order valence-electron chi connectivity index (χ4n) is 12.5. The maximum absolute atomic E-state index is 13.4. The topological polar surface area (TPSA) is 307 Å². The number of hydrogen-bond donors (Lipinski definition) is 12. The molecule has 0 spiro atoms. The molecular formula is C77H137NO18. The highest BCUT2D eigenvalue weighted by molar-refractivity contribution is 5.76. The zero-order chi connectivity index (χ0) is 69.6. The van der Waals surface area contributed by atoms with Gasteiger partial charge in [0, 0.05) is 6.42 Å². The Morgan fingerprint density at radius 3 is 1.11 bits per heavy atom. The van der Waals surface area contributed by atoms with E-state index in [1.54, 1.807) is 6.08 Å². The molecule has 12 N–H and O–H groups in total. The van der Waals surface area contributed by atoms with Crippen molar-refractivity contribution in [2.75, 3.05) is 26.4 Å². The largest absolute Gasteiger partial charge is 0.394 e. The molecule has 17 atom stereocenters. The van der Waals surface area contributed by atoms with E-state index in [0.717, 1.165) is 70.6 Å². The maximum Gasteiger partial charge on any atom is 0.220 e. The van der Waals surface area contributed by atoms with Crippen LogP contribution < -0.4 is 5.32 Å². The number of carbonyl (C=O) groups is 1. The van der Waals surface area contributed by atoms with Crippen molar-refractivity contribution in [3.05, 3.63) is 72.9 Å². The summed E-state index contributed by atoms with van der Waals surface area (Å²) in [5.41, 5.74) is 0. The van der Waals surface area contributed by atoms with Crippen LogP contribution in [0, 0.1) is 0 Å². The molecule has 19 heteroatoms. The summed E-state index contributed by atoms with van der Waals surface area (Å²) in [6, 6.07) is -1.01. The van der Waals surface area contributed by atoms with E-state index in [4.69, 9.17) is 28.4 Å². The van der Waals surface area contributed by atoms with Crippen LogP contribution >= 0.6 is 0 Å².